The predicted molar refractivity (Wildman–Crippen MR) is 80.8 cm³/mol. The van der Waals surface area contributed by atoms with Crippen LogP contribution >= 0.6 is 0 Å². The van der Waals surface area contributed by atoms with Gasteiger partial charge in [0.15, 0.2) is 6.61 Å². The highest BCUT2D eigenvalue weighted by Crippen LogP contribution is 2.17. The molecule has 130 valence electrons. The lowest BCUT2D eigenvalue weighted by molar-refractivity contribution is -0.154. The molecule has 0 bridgehead atoms. The van der Waals surface area contributed by atoms with Crippen molar-refractivity contribution in [2.24, 2.45) is 5.92 Å². The molecule has 0 saturated heterocycles. The highest BCUT2D eigenvalue weighted by Gasteiger charge is 2.28. The molecule has 0 aromatic carbocycles. The summed E-state index contributed by atoms with van der Waals surface area (Å²) in [6.07, 6.45) is -0.0614. The Morgan fingerprint density at radius 3 is 2.67 bits per heavy atom. The van der Waals surface area contributed by atoms with E-state index in [1.165, 1.54) is 18.3 Å². The summed E-state index contributed by atoms with van der Waals surface area (Å²) in [4.78, 5) is 15.8. The maximum absolute atomic E-state index is 12.1. The standard InChI is InChI=1S/C15H17F3N4O2/c1-10(2)7-22-8-12(6-20-22)21-14(23)11-3-4-13(19-5-11)24-9-15(16,17)18/h3-6,8,10H,7,9H2,1-2H3,(H,21,23). The summed E-state index contributed by atoms with van der Waals surface area (Å²) in [7, 11) is 0. The second-order valence-electron chi connectivity index (χ2n) is 5.59. The number of hydrogen-bond acceptors (Lipinski definition) is 4. The first-order valence-corrected chi connectivity index (χ1v) is 7.22. The van der Waals surface area contributed by atoms with Crippen molar-refractivity contribution in [1.29, 1.82) is 0 Å². The average Bonchev–Trinajstić information content (AvgIpc) is 2.91. The topological polar surface area (TPSA) is 69.0 Å². The molecule has 2 aromatic rings. The van der Waals surface area contributed by atoms with Gasteiger partial charge in [0.1, 0.15) is 0 Å². The van der Waals surface area contributed by atoms with E-state index in [4.69, 9.17) is 0 Å². The second-order valence-corrected chi connectivity index (χ2v) is 5.59. The molecule has 24 heavy (non-hydrogen) atoms. The van der Waals surface area contributed by atoms with Gasteiger partial charge in [-0.1, -0.05) is 13.8 Å². The number of rotatable bonds is 6. The summed E-state index contributed by atoms with van der Waals surface area (Å²) in [5, 5.41) is 6.77. The van der Waals surface area contributed by atoms with Crippen LogP contribution in [0.15, 0.2) is 30.7 Å². The lowest BCUT2D eigenvalue weighted by Crippen LogP contribution is -2.19. The number of ether oxygens (including phenoxy) is 1. The van der Waals surface area contributed by atoms with E-state index in [9.17, 15) is 18.0 Å². The third-order valence-corrected chi connectivity index (χ3v) is 2.83. The molecule has 9 heteroatoms. The maximum Gasteiger partial charge on any atom is 0.422 e. The van der Waals surface area contributed by atoms with Gasteiger partial charge in [-0.2, -0.15) is 18.3 Å². The molecule has 0 aliphatic carbocycles. The van der Waals surface area contributed by atoms with Crippen molar-refractivity contribution in [1.82, 2.24) is 14.8 Å². The van der Waals surface area contributed by atoms with E-state index < -0.39 is 18.7 Å². The van der Waals surface area contributed by atoms with Crippen molar-refractivity contribution in [2.75, 3.05) is 11.9 Å². The fraction of sp³-hybridized carbons (Fsp3) is 0.400. The van der Waals surface area contributed by atoms with E-state index >= 15 is 0 Å². The number of aromatic nitrogens is 3. The number of halogens is 3. The number of amides is 1. The normalized spacial score (nSPS) is 11.6. The molecule has 1 amide bonds. The number of anilines is 1. The van der Waals surface area contributed by atoms with Crippen LogP contribution in [0.1, 0.15) is 24.2 Å². The Morgan fingerprint density at radius 1 is 1.33 bits per heavy atom. The van der Waals surface area contributed by atoms with Gasteiger partial charge in [0.2, 0.25) is 5.88 Å². The molecule has 2 rings (SSSR count). The van der Waals surface area contributed by atoms with Crippen LogP contribution in [-0.2, 0) is 6.54 Å². The van der Waals surface area contributed by atoms with E-state index in [1.54, 1.807) is 10.9 Å². The molecule has 0 aliphatic heterocycles. The molecule has 0 unspecified atom stereocenters. The average molecular weight is 342 g/mol. The van der Waals surface area contributed by atoms with Crippen LogP contribution in [0.25, 0.3) is 0 Å². The van der Waals surface area contributed by atoms with Crippen LogP contribution in [0.2, 0.25) is 0 Å². The van der Waals surface area contributed by atoms with Crippen LogP contribution in [-0.4, -0.2) is 33.5 Å². The van der Waals surface area contributed by atoms with Crippen LogP contribution in [0.3, 0.4) is 0 Å². The zero-order valence-electron chi connectivity index (χ0n) is 13.2. The Bertz CT molecular complexity index is 681. The molecular formula is C15H17F3N4O2. The van der Waals surface area contributed by atoms with Crippen molar-refractivity contribution >= 4 is 11.6 Å². The monoisotopic (exact) mass is 342 g/mol. The quantitative estimate of drug-likeness (QED) is 0.876. The van der Waals surface area contributed by atoms with Gasteiger partial charge in [0.05, 0.1) is 17.4 Å². The molecule has 2 heterocycles. The first kappa shape index (κ1) is 17.8. The smallest absolute Gasteiger partial charge is 0.422 e. The lowest BCUT2D eigenvalue weighted by atomic mass is 10.2. The van der Waals surface area contributed by atoms with E-state index in [-0.39, 0.29) is 11.4 Å². The Kier molecular flexibility index (Phi) is 5.42. The number of carbonyl (C=O) groups is 1. The number of carbonyl (C=O) groups excluding carboxylic acids is 1. The van der Waals surface area contributed by atoms with Gasteiger partial charge in [0, 0.05) is 25.0 Å². The molecule has 2 aromatic heterocycles. The van der Waals surface area contributed by atoms with Gasteiger partial charge < -0.3 is 10.1 Å². The zero-order chi connectivity index (χ0) is 17.7. The highest BCUT2D eigenvalue weighted by atomic mass is 19.4. The van der Waals surface area contributed by atoms with Crippen LogP contribution in [0.5, 0.6) is 5.88 Å². The van der Waals surface area contributed by atoms with Crippen molar-refractivity contribution in [3.05, 3.63) is 36.3 Å². The van der Waals surface area contributed by atoms with Gasteiger partial charge >= 0.3 is 6.18 Å². The number of pyridine rings is 1. The Morgan fingerprint density at radius 2 is 2.08 bits per heavy atom. The van der Waals surface area contributed by atoms with Crippen molar-refractivity contribution in [2.45, 2.75) is 26.6 Å². The highest BCUT2D eigenvalue weighted by molar-refractivity contribution is 6.03. The predicted octanol–water partition coefficient (Wildman–Crippen LogP) is 3.13. The van der Waals surface area contributed by atoms with Gasteiger partial charge in [-0.25, -0.2) is 4.98 Å². The van der Waals surface area contributed by atoms with Crippen molar-refractivity contribution < 1.29 is 22.7 Å². The van der Waals surface area contributed by atoms with Gasteiger partial charge in [-0.15, -0.1) is 0 Å². The number of nitrogens with zero attached hydrogens (tertiary/aromatic N) is 3. The molecule has 0 saturated carbocycles. The minimum Gasteiger partial charge on any atom is -0.468 e. The Balaban J connectivity index is 1.93. The summed E-state index contributed by atoms with van der Waals surface area (Å²) in [6, 6.07) is 2.55. The summed E-state index contributed by atoms with van der Waals surface area (Å²) in [6.45, 7) is 3.39. The molecule has 0 aliphatic rings. The molecule has 1 N–H and O–H groups in total. The summed E-state index contributed by atoms with van der Waals surface area (Å²) >= 11 is 0. The molecule has 6 nitrogen and oxygen atoms in total. The number of hydrogen-bond donors (Lipinski definition) is 1. The molecule has 0 spiro atoms. The Labute approximate surface area is 136 Å². The molecule has 0 radical (unpaired) electrons. The van der Waals surface area contributed by atoms with E-state index in [2.05, 4.69) is 20.1 Å². The van der Waals surface area contributed by atoms with E-state index in [0.29, 0.717) is 11.6 Å². The first-order valence-electron chi connectivity index (χ1n) is 7.22. The van der Waals surface area contributed by atoms with Crippen LogP contribution < -0.4 is 10.1 Å². The molecular weight excluding hydrogens is 325 g/mol. The van der Waals surface area contributed by atoms with E-state index in [0.717, 1.165) is 12.7 Å². The summed E-state index contributed by atoms with van der Waals surface area (Å²) < 4.78 is 42.3. The zero-order valence-corrected chi connectivity index (χ0v) is 13.2. The minimum atomic E-state index is -4.44. The third-order valence-electron chi connectivity index (χ3n) is 2.83. The third kappa shape index (κ3) is 5.56. The molecule has 0 fully saturated rings. The second kappa shape index (κ2) is 7.33. The summed E-state index contributed by atoms with van der Waals surface area (Å²) in [5.41, 5.74) is 0.726. The maximum atomic E-state index is 12.1. The number of nitrogens with one attached hydrogen (secondary N) is 1. The SMILES string of the molecule is CC(C)Cn1cc(NC(=O)c2ccc(OCC(F)(F)F)nc2)cn1. The van der Waals surface area contributed by atoms with Gasteiger partial charge in [-0.05, 0) is 12.0 Å². The minimum absolute atomic E-state index is 0.200. The largest absolute Gasteiger partial charge is 0.468 e. The van der Waals surface area contributed by atoms with Crippen molar-refractivity contribution in [3.63, 3.8) is 0 Å². The number of alkyl halides is 3. The van der Waals surface area contributed by atoms with Crippen LogP contribution in [0.4, 0.5) is 18.9 Å². The fourth-order valence-electron chi connectivity index (χ4n) is 1.86. The fourth-order valence-corrected chi connectivity index (χ4v) is 1.86. The summed E-state index contributed by atoms with van der Waals surface area (Å²) in [5.74, 6) is -0.218. The van der Waals surface area contributed by atoms with Gasteiger partial charge in [-0.3, -0.25) is 9.48 Å². The first-order chi connectivity index (χ1) is 11.2. The van der Waals surface area contributed by atoms with Crippen molar-refractivity contribution in [3.8, 4) is 5.88 Å². The van der Waals surface area contributed by atoms with Gasteiger partial charge in [0.25, 0.3) is 5.91 Å². The van der Waals surface area contributed by atoms with Crippen LogP contribution in [0, 0.1) is 5.92 Å². The van der Waals surface area contributed by atoms with E-state index in [1.807, 2.05) is 13.8 Å². The molecule has 0 atom stereocenters. The lowest BCUT2D eigenvalue weighted by Gasteiger charge is -2.08. The Hall–Kier alpha value is -2.58.